The third kappa shape index (κ3) is 3.60. The van der Waals surface area contributed by atoms with Crippen molar-refractivity contribution in [2.24, 2.45) is 0 Å². The van der Waals surface area contributed by atoms with Gasteiger partial charge in [0.2, 0.25) is 0 Å². The summed E-state index contributed by atoms with van der Waals surface area (Å²) in [6.07, 6.45) is 7.50. The topological polar surface area (TPSA) is 45.7 Å². The highest BCUT2D eigenvalue weighted by molar-refractivity contribution is 7.09. The number of rotatable bonds is 2. The molecule has 0 radical (unpaired) electrons. The molecule has 0 bridgehead atoms. The molecule has 2 aliphatic heterocycles. The third-order valence-corrected chi connectivity index (χ3v) is 5.92. The Morgan fingerprint density at radius 1 is 1.23 bits per heavy atom. The number of thiazole rings is 1. The number of carbonyl (C=O) groups is 1. The number of amides is 1. The summed E-state index contributed by atoms with van der Waals surface area (Å²) in [5, 5.41) is 3.38. The van der Waals surface area contributed by atoms with E-state index in [1.165, 1.54) is 31.4 Å². The van der Waals surface area contributed by atoms with Crippen LogP contribution in [0.25, 0.3) is 0 Å². The Kier molecular flexibility index (Phi) is 5.31. The van der Waals surface area contributed by atoms with Crippen LogP contribution in [0, 0.1) is 0 Å². The van der Waals surface area contributed by atoms with Gasteiger partial charge in [-0.3, -0.25) is 0 Å². The van der Waals surface area contributed by atoms with Crippen LogP contribution in [0.4, 0.5) is 4.79 Å². The van der Waals surface area contributed by atoms with E-state index in [1.807, 2.05) is 11.1 Å². The van der Waals surface area contributed by atoms with Crippen LogP contribution in [0.1, 0.15) is 43.0 Å². The van der Waals surface area contributed by atoms with Gasteiger partial charge in [0.05, 0.1) is 12.1 Å². The van der Waals surface area contributed by atoms with E-state index >= 15 is 0 Å². The van der Waals surface area contributed by atoms with E-state index in [2.05, 4.69) is 15.3 Å². The molecule has 0 saturated carbocycles. The molecule has 0 aliphatic carbocycles. The van der Waals surface area contributed by atoms with Gasteiger partial charge in [0.25, 0.3) is 0 Å². The Morgan fingerprint density at radius 3 is 2.73 bits per heavy atom. The summed E-state index contributed by atoms with van der Waals surface area (Å²) >= 11 is 1.79. The second kappa shape index (κ2) is 7.42. The van der Waals surface area contributed by atoms with Crippen LogP contribution in [0.15, 0.2) is 11.6 Å². The van der Waals surface area contributed by atoms with Crippen LogP contribution < -0.4 is 0 Å². The SMILES string of the molecule is COC(=O)N1CCCC(N2CCC(c3nccs3)CC2)CC1. The average Bonchev–Trinajstić information content (AvgIpc) is 2.99. The van der Waals surface area contributed by atoms with Gasteiger partial charge in [-0.2, -0.15) is 0 Å². The van der Waals surface area contributed by atoms with Gasteiger partial charge in [0.15, 0.2) is 0 Å². The van der Waals surface area contributed by atoms with E-state index in [9.17, 15) is 4.79 Å². The summed E-state index contributed by atoms with van der Waals surface area (Å²) in [4.78, 5) is 20.6. The van der Waals surface area contributed by atoms with Gasteiger partial charge in [-0.25, -0.2) is 9.78 Å². The zero-order valence-electron chi connectivity index (χ0n) is 13.2. The van der Waals surface area contributed by atoms with Gasteiger partial charge in [0, 0.05) is 36.6 Å². The number of carbonyl (C=O) groups excluding carboxylic acids is 1. The first-order valence-electron chi connectivity index (χ1n) is 8.24. The second-order valence-corrected chi connectivity index (χ2v) is 7.15. The molecule has 0 N–H and O–H groups in total. The lowest BCUT2D eigenvalue weighted by Crippen LogP contribution is -2.41. The van der Waals surface area contributed by atoms with Gasteiger partial charge in [0.1, 0.15) is 0 Å². The summed E-state index contributed by atoms with van der Waals surface area (Å²) < 4.78 is 4.85. The highest BCUT2D eigenvalue weighted by Gasteiger charge is 2.29. The summed E-state index contributed by atoms with van der Waals surface area (Å²) in [6, 6.07) is 0.618. The number of methoxy groups -OCH3 is 1. The van der Waals surface area contributed by atoms with Crippen molar-refractivity contribution in [3.63, 3.8) is 0 Å². The van der Waals surface area contributed by atoms with Crippen LogP contribution in [0.5, 0.6) is 0 Å². The Bertz CT molecular complexity index is 472. The second-order valence-electron chi connectivity index (χ2n) is 6.22. The van der Waals surface area contributed by atoms with Crippen molar-refractivity contribution in [2.45, 2.75) is 44.1 Å². The molecule has 1 amide bonds. The lowest BCUT2D eigenvalue weighted by atomic mass is 9.95. The van der Waals surface area contributed by atoms with E-state index in [0.29, 0.717) is 12.0 Å². The van der Waals surface area contributed by atoms with Crippen LogP contribution >= 0.6 is 11.3 Å². The molecular formula is C16H25N3O2S. The van der Waals surface area contributed by atoms with E-state index in [4.69, 9.17) is 4.74 Å². The Morgan fingerprint density at radius 2 is 2.05 bits per heavy atom. The normalized spacial score (nSPS) is 25.0. The molecule has 3 rings (SSSR count). The standard InChI is InChI=1S/C16H25N3O2S/c1-21-16(20)19-8-2-3-14(6-11-19)18-9-4-13(5-10-18)15-17-7-12-22-15/h7,12-14H,2-6,8-11H2,1H3. The van der Waals surface area contributed by atoms with Crippen molar-refractivity contribution in [3.05, 3.63) is 16.6 Å². The highest BCUT2D eigenvalue weighted by atomic mass is 32.1. The summed E-state index contributed by atoms with van der Waals surface area (Å²) in [7, 11) is 1.47. The first-order valence-corrected chi connectivity index (χ1v) is 9.12. The molecule has 5 nitrogen and oxygen atoms in total. The van der Waals surface area contributed by atoms with Gasteiger partial charge >= 0.3 is 6.09 Å². The number of piperidine rings is 1. The summed E-state index contributed by atoms with van der Waals surface area (Å²) in [5.41, 5.74) is 0. The molecule has 0 aromatic carbocycles. The molecule has 0 spiro atoms. The minimum absolute atomic E-state index is 0.178. The molecule has 122 valence electrons. The number of aromatic nitrogens is 1. The quantitative estimate of drug-likeness (QED) is 0.839. The molecule has 2 aliphatic rings. The molecule has 1 atom stereocenters. The fourth-order valence-electron chi connectivity index (χ4n) is 3.70. The van der Waals surface area contributed by atoms with E-state index in [1.54, 1.807) is 11.3 Å². The first-order chi connectivity index (χ1) is 10.8. The number of ether oxygens (including phenoxy) is 1. The minimum atomic E-state index is -0.178. The van der Waals surface area contributed by atoms with E-state index in [-0.39, 0.29) is 6.09 Å². The maximum Gasteiger partial charge on any atom is 0.409 e. The molecule has 22 heavy (non-hydrogen) atoms. The van der Waals surface area contributed by atoms with Crippen molar-refractivity contribution < 1.29 is 9.53 Å². The molecular weight excluding hydrogens is 298 g/mol. The lowest BCUT2D eigenvalue weighted by Gasteiger charge is -2.36. The van der Waals surface area contributed by atoms with Gasteiger partial charge in [-0.05, 0) is 45.2 Å². The smallest absolute Gasteiger partial charge is 0.409 e. The molecule has 2 saturated heterocycles. The fourth-order valence-corrected chi connectivity index (χ4v) is 4.51. The predicted octanol–water partition coefficient (Wildman–Crippen LogP) is 2.94. The van der Waals surface area contributed by atoms with Gasteiger partial charge < -0.3 is 14.5 Å². The molecule has 2 fully saturated rings. The van der Waals surface area contributed by atoms with Crippen LogP contribution in [0.3, 0.4) is 0 Å². The maximum absolute atomic E-state index is 11.7. The van der Waals surface area contributed by atoms with Crippen molar-refractivity contribution >= 4 is 17.4 Å². The van der Waals surface area contributed by atoms with Crippen molar-refractivity contribution in [3.8, 4) is 0 Å². The number of hydrogen-bond donors (Lipinski definition) is 0. The lowest BCUT2D eigenvalue weighted by molar-refractivity contribution is 0.119. The molecule has 1 aromatic rings. The van der Waals surface area contributed by atoms with Gasteiger partial charge in [-0.1, -0.05) is 0 Å². The van der Waals surface area contributed by atoms with E-state index < -0.39 is 0 Å². The zero-order valence-corrected chi connectivity index (χ0v) is 14.1. The minimum Gasteiger partial charge on any atom is -0.453 e. The molecule has 3 heterocycles. The van der Waals surface area contributed by atoms with Crippen molar-refractivity contribution in [1.82, 2.24) is 14.8 Å². The van der Waals surface area contributed by atoms with Crippen LogP contribution in [-0.2, 0) is 4.74 Å². The van der Waals surface area contributed by atoms with Crippen LogP contribution in [-0.4, -0.2) is 60.2 Å². The highest BCUT2D eigenvalue weighted by Crippen LogP contribution is 2.31. The number of likely N-dealkylation sites (tertiary alicyclic amines) is 2. The predicted molar refractivity (Wildman–Crippen MR) is 87.3 cm³/mol. The average molecular weight is 323 g/mol. The molecule has 6 heteroatoms. The van der Waals surface area contributed by atoms with Crippen molar-refractivity contribution in [1.29, 1.82) is 0 Å². The van der Waals surface area contributed by atoms with Gasteiger partial charge in [-0.15, -0.1) is 11.3 Å². The first kappa shape index (κ1) is 15.7. The van der Waals surface area contributed by atoms with Crippen LogP contribution in [0.2, 0.25) is 0 Å². The molecule has 1 unspecified atom stereocenters. The Hall–Kier alpha value is -1.14. The summed E-state index contributed by atoms with van der Waals surface area (Å²) in [6.45, 7) is 3.97. The number of nitrogens with zero attached hydrogens (tertiary/aromatic N) is 3. The Balaban J connectivity index is 1.50. The monoisotopic (exact) mass is 323 g/mol. The third-order valence-electron chi connectivity index (χ3n) is 4.98. The largest absolute Gasteiger partial charge is 0.453 e. The number of hydrogen-bond acceptors (Lipinski definition) is 5. The zero-order chi connectivity index (χ0) is 15.4. The molecule has 1 aromatic heterocycles. The fraction of sp³-hybridized carbons (Fsp3) is 0.750. The van der Waals surface area contributed by atoms with E-state index in [0.717, 1.165) is 39.0 Å². The van der Waals surface area contributed by atoms with Crippen molar-refractivity contribution in [2.75, 3.05) is 33.3 Å². The summed E-state index contributed by atoms with van der Waals surface area (Å²) in [5.74, 6) is 0.647. The Labute approximate surface area is 136 Å². The maximum atomic E-state index is 11.7.